The van der Waals surface area contributed by atoms with Gasteiger partial charge in [0.25, 0.3) is 5.69 Å². The van der Waals surface area contributed by atoms with Gasteiger partial charge in [-0.3, -0.25) is 14.9 Å². The molecular formula is C20H23N3O4. The highest BCUT2D eigenvalue weighted by Gasteiger charge is 2.21. The number of benzene rings is 2. The van der Waals surface area contributed by atoms with E-state index in [1.165, 1.54) is 12.1 Å². The summed E-state index contributed by atoms with van der Waals surface area (Å²) in [4.78, 5) is 26.7. The van der Waals surface area contributed by atoms with Gasteiger partial charge in [0.15, 0.2) is 0 Å². The molecule has 1 saturated heterocycles. The number of carbonyl (C=O) groups is 1. The van der Waals surface area contributed by atoms with Gasteiger partial charge in [0.05, 0.1) is 18.0 Å². The minimum Gasteiger partial charge on any atom is -0.493 e. The lowest BCUT2D eigenvalue weighted by Gasteiger charge is -2.36. The molecule has 2 aromatic carbocycles. The fourth-order valence-corrected chi connectivity index (χ4v) is 3.12. The maximum absolute atomic E-state index is 12.4. The van der Waals surface area contributed by atoms with Gasteiger partial charge in [-0.1, -0.05) is 18.2 Å². The van der Waals surface area contributed by atoms with Gasteiger partial charge in [0, 0.05) is 44.0 Å². The first-order valence-corrected chi connectivity index (χ1v) is 9.00. The molecule has 2 aromatic rings. The number of piperazine rings is 1. The summed E-state index contributed by atoms with van der Waals surface area (Å²) >= 11 is 0. The van der Waals surface area contributed by atoms with Crippen LogP contribution in [0.3, 0.4) is 0 Å². The summed E-state index contributed by atoms with van der Waals surface area (Å²) in [5.41, 5.74) is 2.08. The molecule has 0 bridgehead atoms. The Balaban J connectivity index is 1.45. The number of nitro benzene ring substituents is 1. The quantitative estimate of drug-likeness (QED) is 0.578. The van der Waals surface area contributed by atoms with E-state index >= 15 is 0 Å². The number of nitro groups is 1. The van der Waals surface area contributed by atoms with Crippen molar-refractivity contribution in [3.63, 3.8) is 0 Å². The third kappa shape index (κ3) is 4.75. The largest absolute Gasteiger partial charge is 0.493 e. The van der Waals surface area contributed by atoms with Crippen molar-refractivity contribution in [1.29, 1.82) is 0 Å². The molecule has 1 aliphatic heterocycles. The van der Waals surface area contributed by atoms with E-state index in [0.29, 0.717) is 39.2 Å². The molecule has 1 heterocycles. The number of hydrogen-bond donors (Lipinski definition) is 0. The maximum atomic E-state index is 12.4. The van der Waals surface area contributed by atoms with Crippen LogP contribution in [0.2, 0.25) is 0 Å². The molecule has 142 valence electrons. The second kappa shape index (κ2) is 8.53. The molecule has 0 N–H and O–H groups in total. The highest BCUT2D eigenvalue weighted by Crippen LogP contribution is 2.21. The predicted octanol–water partition coefficient (Wildman–Crippen LogP) is 3.02. The molecule has 3 rings (SSSR count). The molecule has 0 radical (unpaired) electrons. The van der Waals surface area contributed by atoms with E-state index < -0.39 is 4.92 Å². The molecule has 1 fully saturated rings. The fraction of sp³-hybridized carbons (Fsp3) is 0.350. The number of amides is 1. The lowest BCUT2D eigenvalue weighted by Crippen LogP contribution is -2.49. The van der Waals surface area contributed by atoms with Crippen LogP contribution in [0.1, 0.15) is 12.0 Å². The van der Waals surface area contributed by atoms with Crippen molar-refractivity contribution in [3.8, 4) is 5.75 Å². The van der Waals surface area contributed by atoms with Crippen LogP contribution in [0.25, 0.3) is 0 Å². The van der Waals surface area contributed by atoms with Crippen molar-refractivity contribution in [2.24, 2.45) is 0 Å². The van der Waals surface area contributed by atoms with Crippen LogP contribution in [-0.4, -0.2) is 48.5 Å². The molecule has 0 aliphatic carbocycles. The highest BCUT2D eigenvalue weighted by atomic mass is 16.6. The molecule has 0 atom stereocenters. The number of anilines is 1. The van der Waals surface area contributed by atoms with E-state index in [1.807, 2.05) is 36.1 Å². The van der Waals surface area contributed by atoms with E-state index in [1.54, 1.807) is 12.1 Å². The molecule has 27 heavy (non-hydrogen) atoms. The van der Waals surface area contributed by atoms with E-state index in [4.69, 9.17) is 4.74 Å². The van der Waals surface area contributed by atoms with Crippen LogP contribution in [0.15, 0.2) is 48.5 Å². The highest BCUT2D eigenvalue weighted by molar-refractivity contribution is 5.76. The molecule has 1 aliphatic rings. The van der Waals surface area contributed by atoms with Gasteiger partial charge in [-0.2, -0.15) is 0 Å². The Morgan fingerprint density at radius 3 is 2.37 bits per heavy atom. The van der Waals surface area contributed by atoms with E-state index in [0.717, 1.165) is 17.0 Å². The smallest absolute Gasteiger partial charge is 0.269 e. The Hall–Kier alpha value is -3.09. The minimum absolute atomic E-state index is 0.0845. The summed E-state index contributed by atoms with van der Waals surface area (Å²) in [6, 6.07) is 14.3. The average Bonchev–Trinajstić information content (AvgIpc) is 2.69. The van der Waals surface area contributed by atoms with E-state index in [9.17, 15) is 14.9 Å². The summed E-state index contributed by atoms with van der Waals surface area (Å²) < 4.78 is 5.71. The Morgan fingerprint density at radius 1 is 1.07 bits per heavy atom. The molecule has 0 spiro atoms. The van der Waals surface area contributed by atoms with Crippen molar-refractivity contribution < 1.29 is 14.5 Å². The first kappa shape index (κ1) is 18.7. The van der Waals surface area contributed by atoms with Gasteiger partial charge in [0.2, 0.25) is 5.91 Å². The summed E-state index contributed by atoms with van der Waals surface area (Å²) in [7, 11) is 0. The van der Waals surface area contributed by atoms with Crippen molar-refractivity contribution in [1.82, 2.24) is 4.90 Å². The van der Waals surface area contributed by atoms with Crippen LogP contribution in [0.5, 0.6) is 5.75 Å². The van der Waals surface area contributed by atoms with E-state index in [-0.39, 0.29) is 11.6 Å². The lowest BCUT2D eigenvalue weighted by molar-refractivity contribution is -0.384. The van der Waals surface area contributed by atoms with Crippen LogP contribution < -0.4 is 9.64 Å². The van der Waals surface area contributed by atoms with Crippen LogP contribution in [0.4, 0.5) is 11.4 Å². The lowest BCUT2D eigenvalue weighted by atomic mass is 10.2. The first-order chi connectivity index (χ1) is 13.0. The summed E-state index contributed by atoms with van der Waals surface area (Å²) in [5, 5.41) is 10.7. The number of nitrogens with zero attached hydrogens (tertiary/aromatic N) is 3. The SMILES string of the molecule is Cc1ccccc1OCCC(=O)N1CCN(c2ccc([N+](=O)[O-])cc2)CC1. The van der Waals surface area contributed by atoms with Gasteiger partial charge >= 0.3 is 0 Å². The second-order valence-electron chi connectivity index (χ2n) is 6.51. The first-order valence-electron chi connectivity index (χ1n) is 9.00. The zero-order valence-electron chi connectivity index (χ0n) is 15.3. The second-order valence-corrected chi connectivity index (χ2v) is 6.51. The number of rotatable bonds is 6. The Kier molecular flexibility index (Phi) is 5.90. The monoisotopic (exact) mass is 369 g/mol. The number of ether oxygens (including phenoxy) is 1. The normalized spacial score (nSPS) is 14.1. The Labute approximate surface area is 158 Å². The number of carbonyl (C=O) groups excluding carboxylic acids is 1. The molecule has 0 unspecified atom stereocenters. The van der Waals surface area contributed by atoms with Gasteiger partial charge in [-0.15, -0.1) is 0 Å². The molecule has 7 nitrogen and oxygen atoms in total. The molecule has 0 aromatic heterocycles. The van der Waals surface area contributed by atoms with Crippen molar-refractivity contribution in [2.75, 3.05) is 37.7 Å². The Morgan fingerprint density at radius 2 is 1.74 bits per heavy atom. The number of non-ortho nitro benzene ring substituents is 1. The topological polar surface area (TPSA) is 75.9 Å². The third-order valence-electron chi connectivity index (χ3n) is 4.73. The van der Waals surface area contributed by atoms with Gasteiger partial charge in [-0.25, -0.2) is 0 Å². The van der Waals surface area contributed by atoms with Gasteiger partial charge in [-0.05, 0) is 30.7 Å². The van der Waals surface area contributed by atoms with Gasteiger partial charge in [0.1, 0.15) is 5.75 Å². The van der Waals surface area contributed by atoms with Crippen molar-refractivity contribution in [3.05, 3.63) is 64.2 Å². The Bertz CT molecular complexity index is 799. The zero-order chi connectivity index (χ0) is 19.2. The van der Waals surface area contributed by atoms with E-state index in [2.05, 4.69) is 4.90 Å². The van der Waals surface area contributed by atoms with Crippen molar-refractivity contribution >= 4 is 17.3 Å². The molecule has 0 saturated carbocycles. The fourth-order valence-electron chi connectivity index (χ4n) is 3.12. The number of hydrogen-bond acceptors (Lipinski definition) is 5. The molecule has 7 heteroatoms. The standard InChI is InChI=1S/C20H23N3O4/c1-16-4-2-3-5-19(16)27-15-10-20(24)22-13-11-21(12-14-22)17-6-8-18(9-7-17)23(25)26/h2-9H,10-15H2,1H3. The predicted molar refractivity (Wildman–Crippen MR) is 103 cm³/mol. The zero-order valence-corrected chi connectivity index (χ0v) is 15.3. The number of para-hydroxylation sites is 1. The maximum Gasteiger partial charge on any atom is 0.269 e. The van der Waals surface area contributed by atoms with Gasteiger partial charge < -0.3 is 14.5 Å². The van der Waals surface area contributed by atoms with Crippen molar-refractivity contribution in [2.45, 2.75) is 13.3 Å². The number of aryl methyl sites for hydroxylation is 1. The minimum atomic E-state index is -0.403. The molecule has 1 amide bonds. The average molecular weight is 369 g/mol. The summed E-state index contributed by atoms with van der Waals surface area (Å²) in [6.07, 6.45) is 0.353. The third-order valence-corrected chi connectivity index (χ3v) is 4.73. The van der Waals surface area contributed by atoms with Crippen LogP contribution in [-0.2, 0) is 4.79 Å². The molecular weight excluding hydrogens is 346 g/mol. The summed E-state index contributed by atoms with van der Waals surface area (Å²) in [6.45, 7) is 5.05. The van der Waals surface area contributed by atoms with Crippen LogP contribution >= 0.6 is 0 Å². The summed E-state index contributed by atoms with van der Waals surface area (Å²) in [5.74, 6) is 0.903. The van der Waals surface area contributed by atoms with Crippen LogP contribution in [0, 0.1) is 17.0 Å².